The summed E-state index contributed by atoms with van der Waals surface area (Å²) in [6.07, 6.45) is -0.0508. The predicted octanol–water partition coefficient (Wildman–Crippen LogP) is 1.02. The van der Waals surface area contributed by atoms with Crippen molar-refractivity contribution in [2.45, 2.75) is 36.1 Å². The number of hydrogen-bond acceptors (Lipinski definition) is 4. The molecule has 0 saturated carbocycles. The molecule has 0 spiro atoms. The summed E-state index contributed by atoms with van der Waals surface area (Å²) in [5.74, 6) is -8.40. The van der Waals surface area contributed by atoms with E-state index in [0.717, 1.165) is 12.1 Å². The molecule has 6 radical (unpaired) electrons. The van der Waals surface area contributed by atoms with Gasteiger partial charge < -0.3 is 10.2 Å². The van der Waals surface area contributed by atoms with Crippen molar-refractivity contribution in [3.8, 4) is 0 Å². The first-order chi connectivity index (χ1) is 16.3. The molecule has 1 saturated heterocycles. The Bertz CT molecular complexity index is 1240. The largest absolute Gasteiger partial charge is 0.358 e. The zero-order chi connectivity index (χ0) is 25.7. The lowest BCUT2D eigenvalue weighted by Crippen LogP contribution is -2.54. The predicted molar refractivity (Wildman–Crippen MR) is 124 cm³/mol. The number of nitrogens with one attached hydrogen (secondary N) is 2. The van der Waals surface area contributed by atoms with E-state index in [-0.39, 0.29) is 29.1 Å². The molecule has 4 rings (SSSR count). The molecule has 13 heteroatoms. The number of fused-ring (bicyclic) bond motifs is 1. The number of piperidine rings is 1. The van der Waals surface area contributed by atoms with Gasteiger partial charge in [-0.05, 0) is 41.1 Å². The van der Waals surface area contributed by atoms with Gasteiger partial charge >= 0.3 is 5.92 Å². The molecular weight excluding hydrogens is 476 g/mol. The molecule has 2 N–H and O–H groups in total. The van der Waals surface area contributed by atoms with Crippen LogP contribution >= 0.6 is 11.6 Å². The van der Waals surface area contributed by atoms with Gasteiger partial charge in [-0.15, -0.1) is 0 Å². The summed E-state index contributed by atoms with van der Waals surface area (Å²) >= 11 is 5.71. The average molecular weight is 491 g/mol. The number of hydrogen-bond donors (Lipinski definition) is 2. The number of nitrogens with zero attached hydrogens (tertiary/aromatic N) is 1. The van der Waals surface area contributed by atoms with Crippen LogP contribution in [0.2, 0.25) is 10.8 Å². The zero-order valence-electron chi connectivity index (χ0n) is 18.1. The van der Waals surface area contributed by atoms with E-state index in [9.17, 15) is 28.0 Å². The molecule has 0 aromatic heterocycles. The van der Waals surface area contributed by atoms with Gasteiger partial charge in [-0.25, -0.2) is 0 Å². The van der Waals surface area contributed by atoms with E-state index < -0.39 is 52.3 Å². The van der Waals surface area contributed by atoms with Gasteiger partial charge in [0.2, 0.25) is 11.8 Å². The third-order valence-electron chi connectivity index (χ3n) is 5.97. The first-order valence-electron chi connectivity index (χ1n) is 10.4. The van der Waals surface area contributed by atoms with Crippen molar-refractivity contribution >= 4 is 58.8 Å². The highest BCUT2D eigenvalue weighted by Gasteiger charge is 2.44. The molecule has 2 aromatic carbocycles. The number of imide groups is 1. The van der Waals surface area contributed by atoms with Crippen molar-refractivity contribution in [2.75, 3.05) is 0 Å². The van der Waals surface area contributed by atoms with Gasteiger partial charge in [0.05, 0.1) is 23.5 Å². The van der Waals surface area contributed by atoms with Crippen molar-refractivity contribution < 1.29 is 28.0 Å². The van der Waals surface area contributed by atoms with Crippen LogP contribution in [0.1, 0.15) is 33.5 Å². The molecule has 2 unspecified atom stereocenters. The molecule has 0 aliphatic carbocycles. The highest BCUT2D eigenvalue weighted by atomic mass is 35.5. The zero-order valence-corrected chi connectivity index (χ0v) is 18.8. The van der Waals surface area contributed by atoms with Crippen molar-refractivity contribution in [3.63, 3.8) is 0 Å². The molecule has 4 amide bonds. The van der Waals surface area contributed by atoms with E-state index in [0.29, 0.717) is 5.56 Å². The number of carbonyl (C=O) groups is 4. The van der Waals surface area contributed by atoms with E-state index in [2.05, 4.69) is 5.32 Å². The smallest absolute Gasteiger partial charge is 0.349 e. The summed E-state index contributed by atoms with van der Waals surface area (Å²) in [5, 5.41) is 2.07. The maximum absolute atomic E-state index is 14.7. The number of rotatable bonds is 5. The lowest BCUT2D eigenvalue weighted by Gasteiger charge is -2.32. The van der Waals surface area contributed by atoms with Crippen LogP contribution in [0.15, 0.2) is 42.5 Å². The number of halogens is 3. The standard InChI is InChI=1S/C22H15B3ClF2N3O4/c23-15-8-16(18(33)29-17(15)32)31-9-10-7-12(3-6-14(10)19(31)34)22(24,25)30-20(35)21(27,28)11-1-4-13(26)5-2-11/h1-7,15-16H,8-9H2,(H,30,35)(H,29,32,33). The van der Waals surface area contributed by atoms with E-state index in [4.69, 9.17) is 35.1 Å². The fourth-order valence-electron chi connectivity index (χ4n) is 4.00. The van der Waals surface area contributed by atoms with Crippen molar-refractivity contribution in [2.24, 2.45) is 0 Å². The van der Waals surface area contributed by atoms with Crippen LogP contribution < -0.4 is 10.6 Å². The van der Waals surface area contributed by atoms with Crippen LogP contribution in [0.3, 0.4) is 0 Å². The fourth-order valence-corrected chi connectivity index (χ4v) is 4.13. The minimum Gasteiger partial charge on any atom is -0.358 e. The van der Waals surface area contributed by atoms with E-state index in [1.165, 1.54) is 35.2 Å². The summed E-state index contributed by atoms with van der Waals surface area (Å²) in [4.78, 5) is 50.4. The molecule has 7 nitrogen and oxygen atoms in total. The van der Waals surface area contributed by atoms with Gasteiger partial charge in [0, 0.05) is 28.5 Å². The van der Waals surface area contributed by atoms with Crippen LogP contribution in [-0.2, 0) is 32.2 Å². The summed E-state index contributed by atoms with van der Waals surface area (Å²) in [6, 6.07) is 7.56. The molecular formula is C22H15B3ClF2N3O4. The number of carbonyl (C=O) groups excluding carboxylic acids is 4. The van der Waals surface area contributed by atoms with Crippen LogP contribution in [0, 0.1) is 0 Å². The second kappa shape index (κ2) is 8.82. The third-order valence-corrected chi connectivity index (χ3v) is 6.22. The van der Waals surface area contributed by atoms with E-state index in [1.807, 2.05) is 5.32 Å². The molecule has 2 aliphatic rings. The highest BCUT2D eigenvalue weighted by Crippen LogP contribution is 2.33. The summed E-state index contributed by atoms with van der Waals surface area (Å²) in [5.41, 5.74) is 0.0874. The first-order valence-corrected chi connectivity index (χ1v) is 10.8. The topological polar surface area (TPSA) is 95.6 Å². The fraction of sp³-hybridized carbons (Fsp3) is 0.273. The summed E-state index contributed by atoms with van der Waals surface area (Å²) in [6.45, 7) is -0.0357. The van der Waals surface area contributed by atoms with Gasteiger partial charge in [-0.3, -0.25) is 24.5 Å². The van der Waals surface area contributed by atoms with Crippen LogP contribution in [0.4, 0.5) is 8.78 Å². The van der Waals surface area contributed by atoms with E-state index >= 15 is 0 Å². The van der Waals surface area contributed by atoms with Gasteiger partial charge in [0.25, 0.3) is 11.8 Å². The van der Waals surface area contributed by atoms with Crippen LogP contribution in [-0.4, -0.2) is 58.1 Å². The Morgan fingerprint density at radius 1 is 1.06 bits per heavy atom. The van der Waals surface area contributed by atoms with Gasteiger partial charge in [0.1, 0.15) is 6.04 Å². The molecule has 0 bridgehead atoms. The third kappa shape index (κ3) is 4.59. The number of amides is 4. The second-order valence-corrected chi connectivity index (χ2v) is 8.86. The summed E-state index contributed by atoms with van der Waals surface area (Å²) < 4.78 is 29.3. The van der Waals surface area contributed by atoms with Crippen LogP contribution in [0.5, 0.6) is 0 Å². The van der Waals surface area contributed by atoms with Gasteiger partial charge in [-0.1, -0.05) is 35.9 Å². The molecule has 1 fully saturated rings. The molecule has 2 aromatic rings. The lowest BCUT2D eigenvalue weighted by atomic mass is 9.57. The first kappa shape index (κ1) is 25.0. The van der Waals surface area contributed by atoms with Crippen molar-refractivity contribution in [3.05, 3.63) is 69.7 Å². The average Bonchev–Trinajstić information content (AvgIpc) is 3.12. The Morgan fingerprint density at radius 3 is 2.34 bits per heavy atom. The Morgan fingerprint density at radius 2 is 1.69 bits per heavy atom. The Hall–Kier alpha value is -3.14. The maximum Gasteiger partial charge on any atom is 0.349 e. The minimum atomic E-state index is -3.96. The molecule has 172 valence electrons. The number of benzene rings is 2. The Kier molecular flexibility index (Phi) is 6.29. The summed E-state index contributed by atoms with van der Waals surface area (Å²) in [7, 11) is 17.7. The Balaban J connectivity index is 1.53. The van der Waals surface area contributed by atoms with Crippen molar-refractivity contribution in [1.82, 2.24) is 15.5 Å². The SMILES string of the molecule is [B]C1CC(N2Cc3cc(C([B])([B])NC(=O)C(F)(F)c4ccc(Cl)cc4)ccc3C2=O)C(=O)NC1=O. The monoisotopic (exact) mass is 491 g/mol. The maximum atomic E-state index is 14.7. The molecule has 35 heavy (non-hydrogen) atoms. The minimum absolute atomic E-state index is 0.0357. The Labute approximate surface area is 208 Å². The lowest BCUT2D eigenvalue weighted by molar-refractivity contribution is -0.147. The second-order valence-electron chi connectivity index (χ2n) is 8.42. The molecule has 2 atom stereocenters. The molecule has 2 aliphatic heterocycles. The van der Waals surface area contributed by atoms with Gasteiger partial charge in [0.15, 0.2) is 0 Å². The molecule has 2 heterocycles. The van der Waals surface area contributed by atoms with E-state index in [1.54, 1.807) is 0 Å². The number of alkyl halides is 2. The quantitative estimate of drug-likeness (QED) is 0.483. The van der Waals surface area contributed by atoms with Gasteiger partial charge in [-0.2, -0.15) is 8.78 Å². The van der Waals surface area contributed by atoms with Crippen LogP contribution in [0.25, 0.3) is 0 Å². The normalized spacial score (nSPS) is 20.4. The highest BCUT2D eigenvalue weighted by molar-refractivity contribution is 6.40. The van der Waals surface area contributed by atoms with Crippen molar-refractivity contribution in [1.29, 1.82) is 0 Å².